The van der Waals surface area contributed by atoms with E-state index in [9.17, 15) is 9.59 Å². The van der Waals surface area contributed by atoms with E-state index in [1.54, 1.807) is 0 Å². The van der Waals surface area contributed by atoms with Crippen molar-refractivity contribution in [2.24, 2.45) is 5.73 Å². The zero-order valence-corrected chi connectivity index (χ0v) is 5.44. The van der Waals surface area contributed by atoms with Crippen LogP contribution >= 0.6 is 0 Å². The lowest BCUT2D eigenvalue weighted by Crippen LogP contribution is -2.18. The summed E-state index contributed by atoms with van der Waals surface area (Å²) >= 11 is 0. The molecule has 0 unspecified atom stereocenters. The number of aliphatic hydroxyl groups excluding tert-OH is 1. The van der Waals surface area contributed by atoms with Gasteiger partial charge in [-0.15, -0.1) is 0 Å². The number of carbonyl (C=O) groups excluding carboxylic acids is 1. The summed E-state index contributed by atoms with van der Waals surface area (Å²) in [5.41, 5.74) is 3.90. The summed E-state index contributed by atoms with van der Waals surface area (Å²) in [6.45, 7) is 0. The van der Waals surface area contributed by atoms with Gasteiger partial charge in [0.25, 0.3) is 11.9 Å². The molecule has 62 valence electrons. The Labute approximate surface area is 61.6 Å². The van der Waals surface area contributed by atoms with Gasteiger partial charge in [0.15, 0.2) is 0 Å². The quantitative estimate of drug-likeness (QED) is 0.321. The molecule has 0 aliphatic rings. The van der Waals surface area contributed by atoms with Gasteiger partial charge in [-0.3, -0.25) is 9.59 Å². The third kappa shape index (κ3) is 3.09. The van der Waals surface area contributed by atoms with Gasteiger partial charge in [0.2, 0.25) is 0 Å². The molecule has 0 fully saturated rings. The van der Waals surface area contributed by atoms with Crippen LogP contribution in [0.5, 0.6) is 0 Å². The van der Waals surface area contributed by atoms with Crippen molar-refractivity contribution in [2.45, 2.75) is 6.42 Å². The Morgan fingerprint density at radius 3 is 1.73 bits per heavy atom. The predicted octanol–water partition coefficient (Wildman–Crippen LogP) is -0.726. The molecule has 0 bridgehead atoms. The fourth-order valence-corrected chi connectivity index (χ4v) is 0.428. The molecular formula is C5H7NO5. The van der Waals surface area contributed by atoms with Gasteiger partial charge >= 0.3 is 5.97 Å². The third-order valence-electron chi connectivity index (χ3n) is 0.895. The number of hydrogen-bond acceptors (Lipinski definition) is 4. The van der Waals surface area contributed by atoms with Crippen LogP contribution in [0.2, 0.25) is 0 Å². The van der Waals surface area contributed by atoms with Gasteiger partial charge < -0.3 is 21.1 Å². The monoisotopic (exact) mass is 161 g/mol. The van der Waals surface area contributed by atoms with Crippen LogP contribution in [0.25, 0.3) is 0 Å². The maximum Gasteiger partial charge on any atom is 0.308 e. The van der Waals surface area contributed by atoms with Crippen molar-refractivity contribution in [3.63, 3.8) is 0 Å². The number of carbonyl (C=O) groups is 2. The molecule has 0 saturated heterocycles. The second-order valence-corrected chi connectivity index (χ2v) is 1.74. The second kappa shape index (κ2) is 3.45. The summed E-state index contributed by atoms with van der Waals surface area (Å²) in [7, 11) is 0. The largest absolute Gasteiger partial charge is 0.481 e. The number of nitrogens with two attached hydrogens (primary N) is 1. The molecule has 1 amide bonds. The number of aliphatic carboxylic acids is 1. The van der Waals surface area contributed by atoms with Gasteiger partial charge in [-0.25, -0.2) is 0 Å². The van der Waals surface area contributed by atoms with Crippen LogP contribution in [-0.4, -0.2) is 27.2 Å². The standard InChI is InChI=1S/C5H7NO5/c6-4(9)2(5(10)11)1-3(7)8/h10-11H,1H2,(H2,6,9)(H,7,8). The Hall–Kier alpha value is -1.72. The molecule has 0 radical (unpaired) electrons. The van der Waals surface area contributed by atoms with Crippen molar-refractivity contribution in [2.75, 3.05) is 0 Å². The molecule has 0 aliphatic heterocycles. The van der Waals surface area contributed by atoms with Gasteiger partial charge in [0.05, 0.1) is 6.42 Å². The first-order chi connectivity index (χ1) is 4.95. The van der Waals surface area contributed by atoms with Crippen molar-refractivity contribution in [3.8, 4) is 0 Å². The highest BCUT2D eigenvalue weighted by Gasteiger charge is 2.15. The summed E-state index contributed by atoms with van der Waals surface area (Å²) in [4.78, 5) is 20.2. The van der Waals surface area contributed by atoms with Crippen molar-refractivity contribution in [3.05, 3.63) is 11.5 Å². The van der Waals surface area contributed by atoms with Crippen LogP contribution in [0.1, 0.15) is 6.42 Å². The van der Waals surface area contributed by atoms with E-state index in [2.05, 4.69) is 5.73 Å². The van der Waals surface area contributed by atoms with Crippen LogP contribution in [0, 0.1) is 0 Å². The highest BCUT2D eigenvalue weighted by Crippen LogP contribution is 2.03. The normalized spacial score (nSPS) is 8.73. The molecule has 0 aromatic heterocycles. The lowest BCUT2D eigenvalue weighted by atomic mass is 10.2. The number of carboxylic acid groups (broad SMARTS) is 1. The number of aliphatic hydroxyl groups is 2. The van der Waals surface area contributed by atoms with Crippen molar-refractivity contribution in [1.29, 1.82) is 0 Å². The topological polar surface area (TPSA) is 121 Å². The smallest absolute Gasteiger partial charge is 0.308 e. The zero-order chi connectivity index (χ0) is 9.02. The second-order valence-electron chi connectivity index (χ2n) is 1.74. The number of amides is 1. The maximum absolute atomic E-state index is 10.3. The Morgan fingerprint density at radius 2 is 1.64 bits per heavy atom. The van der Waals surface area contributed by atoms with Crippen LogP contribution in [0.3, 0.4) is 0 Å². The van der Waals surface area contributed by atoms with Crippen molar-refractivity contribution < 1.29 is 24.9 Å². The molecule has 0 saturated carbocycles. The van der Waals surface area contributed by atoms with E-state index < -0.39 is 29.8 Å². The van der Waals surface area contributed by atoms with E-state index in [1.807, 2.05) is 0 Å². The minimum absolute atomic E-state index is 0.711. The number of carboxylic acids is 1. The zero-order valence-electron chi connectivity index (χ0n) is 5.44. The van der Waals surface area contributed by atoms with E-state index in [0.717, 1.165) is 0 Å². The van der Waals surface area contributed by atoms with Crippen molar-refractivity contribution >= 4 is 11.9 Å². The van der Waals surface area contributed by atoms with Crippen LogP contribution in [0.15, 0.2) is 11.5 Å². The SMILES string of the molecule is NC(=O)C(CC(=O)O)=C(O)O. The van der Waals surface area contributed by atoms with E-state index in [-0.39, 0.29) is 0 Å². The van der Waals surface area contributed by atoms with E-state index in [4.69, 9.17) is 15.3 Å². The van der Waals surface area contributed by atoms with E-state index in [0.29, 0.717) is 0 Å². The minimum atomic E-state index is -1.36. The first-order valence-electron chi connectivity index (χ1n) is 2.57. The Morgan fingerprint density at radius 1 is 1.18 bits per heavy atom. The summed E-state index contributed by atoms with van der Waals surface area (Å²) in [5, 5.41) is 24.7. The summed E-state index contributed by atoms with van der Waals surface area (Å²) < 4.78 is 0. The molecule has 0 aromatic rings. The molecule has 0 spiro atoms. The molecule has 0 aromatic carbocycles. The van der Waals surface area contributed by atoms with Gasteiger partial charge in [0, 0.05) is 0 Å². The van der Waals surface area contributed by atoms with Crippen LogP contribution in [0.4, 0.5) is 0 Å². The fraction of sp³-hybridized carbons (Fsp3) is 0.200. The molecule has 0 rings (SSSR count). The lowest BCUT2D eigenvalue weighted by Gasteiger charge is -1.97. The minimum Gasteiger partial charge on any atom is -0.481 e. The predicted molar refractivity (Wildman–Crippen MR) is 33.7 cm³/mol. The van der Waals surface area contributed by atoms with Crippen LogP contribution in [-0.2, 0) is 9.59 Å². The number of primary amides is 1. The van der Waals surface area contributed by atoms with Gasteiger partial charge in [-0.05, 0) is 0 Å². The maximum atomic E-state index is 10.3. The molecule has 0 aliphatic carbocycles. The molecule has 11 heavy (non-hydrogen) atoms. The Bertz CT molecular complexity index is 215. The summed E-state index contributed by atoms with van der Waals surface area (Å²) in [6, 6.07) is 0. The summed E-state index contributed by atoms with van der Waals surface area (Å²) in [6.07, 6.45) is -0.794. The molecule has 0 atom stereocenters. The average Bonchev–Trinajstić information content (AvgIpc) is 1.81. The Kier molecular flexibility index (Phi) is 2.91. The summed E-state index contributed by atoms with van der Waals surface area (Å²) in [5.74, 6) is -3.87. The van der Waals surface area contributed by atoms with E-state index in [1.165, 1.54) is 0 Å². The number of hydrogen-bond donors (Lipinski definition) is 4. The third-order valence-corrected chi connectivity index (χ3v) is 0.895. The first-order valence-corrected chi connectivity index (χ1v) is 2.57. The van der Waals surface area contributed by atoms with Crippen LogP contribution < -0.4 is 5.73 Å². The van der Waals surface area contributed by atoms with Gasteiger partial charge in [0.1, 0.15) is 5.57 Å². The molecule has 6 nitrogen and oxygen atoms in total. The van der Waals surface area contributed by atoms with Gasteiger partial charge in [-0.1, -0.05) is 0 Å². The first kappa shape index (κ1) is 9.28. The molecule has 0 heterocycles. The van der Waals surface area contributed by atoms with Gasteiger partial charge in [-0.2, -0.15) is 0 Å². The molecular weight excluding hydrogens is 154 g/mol. The highest BCUT2D eigenvalue weighted by molar-refractivity contribution is 5.96. The highest BCUT2D eigenvalue weighted by atomic mass is 16.5. The van der Waals surface area contributed by atoms with E-state index >= 15 is 0 Å². The fourth-order valence-electron chi connectivity index (χ4n) is 0.428. The number of rotatable bonds is 3. The molecule has 5 N–H and O–H groups in total. The average molecular weight is 161 g/mol. The lowest BCUT2D eigenvalue weighted by molar-refractivity contribution is -0.137. The van der Waals surface area contributed by atoms with Crippen molar-refractivity contribution in [1.82, 2.24) is 0 Å². The molecule has 6 heteroatoms. The Balaban J connectivity index is 4.52.